The van der Waals surface area contributed by atoms with E-state index in [2.05, 4.69) is 39.3 Å². The minimum absolute atomic E-state index is 0. The smallest absolute Gasteiger partial charge is 0.190 e. The number of likely N-dealkylation sites (N-methyl/N-ethyl adjacent to an activating group) is 1. The number of hydrogen-bond acceptors (Lipinski definition) is 5. The first-order valence-electron chi connectivity index (χ1n) is 10.5. The number of hydrogen-bond donors (Lipinski definition) is 2. The highest BCUT2D eigenvalue weighted by Gasteiger charge is 2.17. The standard InChI is InChI=1S/C21H37N5O2S.HI/c1-5-25-12-14-26(15-13-25)17-18(2)16-24-21(22-3)23-11-10-19-6-8-20(9-7-19)29(4,27)28;/h6-9,18H,5,10-17H2,1-4H3,(H2,22,23,24);1H. The Labute approximate surface area is 199 Å². The highest BCUT2D eigenvalue weighted by molar-refractivity contribution is 14.0. The molecule has 0 spiro atoms. The van der Waals surface area contributed by atoms with Crippen LogP contribution < -0.4 is 10.6 Å². The number of benzene rings is 1. The molecule has 0 amide bonds. The molecule has 9 heteroatoms. The number of halogens is 1. The van der Waals surface area contributed by atoms with E-state index in [4.69, 9.17) is 0 Å². The maximum Gasteiger partial charge on any atom is 0.190 e. The Morgan fingerprint density at radius 1 is 1.10 bits per heavy atom. The summed E-state index contributed by atoms with van der Waals surface area (Å²) in [6, 6.07) is 7.07. The van der Waals surface area contributed by atoms with Crippen LogP contribution in [0.4, 0.5) is 0 Å². The topological polar surface area (TPSA) is 77.0 Å². The molecule has 2 N–H and O–H groups in total. The molecular formula is C21H38IN5O2S. The fourth-order valence-corrected chi connectivity index (χ4v) is 4.14. The Morgan fingerprint density at radius 2 is 1.70 bits per heavy atom. The van der Waals surface area contributed by atoms with E-state index in [-0.39, 0.29) is 24.0 Å². The van der Waals surface area contributed by atoms with Crippen molar-refractivity contribution in [1.29, 1.82) is 0 Å². The second-order valence-electron chi connectivity index (χ2n) is 7.89. The lowest BCUT2D eigenvalue weighted by Crippen LogP contribution is -2.48. The van der Waals surface area contributed by atoms with Crippen LogP contribution in [-0.4, -0.2) is 89.8 Å². The number of rotatable bonds is 9. The maximum absolute atomic E-state index is 11.5. The van der Waals surface area contributed by atoms with Gasteiger partial charge in [-0.3, -0.25) is 4.99 Å². The number of sulfone groups is 1. The van der Waals surface area contributed by atoms with Gasteiger partial charge in [0, 0.05) is 59.1 Å². The van der Waals surface area contributed by atoms with Crippen molar-refractivity contribution in [2.75, 3.05) is 65.7 Å². The molecule has 0 saturated carbocycles. The molecule has 1 atom stereocenters. The monoisotopic (exact) mass is 551 g/mol. The molecule has 1 aliphatic heterocycles. The van der Waals surface area contributed by atoms with Crippen LogP contribution in [0.25, 0.3) is 0 Å². The Morgan fingerprint density at radius 3 is 2.23 bits per heavy atom. The maximum atomic E-state index is 11.5. The van der Waals surface area contributed by atoms with Crippen molar-refractivity contribution in [2.45, 2.75) is 25.2 Å². The minimum atomic E-state index is -3.14. The molecule has 1 aromatic carbocycles. The van der Waals surface area contributed by atoms with Crippen LogP contribution >= 0.6 is 24.0 Å². The van der Waals surface area contributed by atoms with Crippen molar-refractivity contribution in [1.82, 2.24) is 20.4 Å². The van der Waals surface area contributed by atoms with Crippen LogP contribution in [0, 0.1) is 5.92 Å². The van der Waals surface area contributed by atoms with Gasteiger partial charge in [-0.1, -0.05) is 26.0 Å². The predicted octanol–water partition coefficient (Wildman–Crippen LogP) is 1.69. The van der Waals surface area contributed by atoms with Gasteiger partial charge in [0.25, 0.3) is 0 Å². The summed E-state index contributed by atoms with van der Waals surface area (Å²) in [6.45, 7) is 13.0. The van der Waals surface area contributed by atoms with E-state index in [0.29, 0.717) is 10.8 Å². The molecule has 30 heavy (non-hydrogen) atoms. The molecule has 0 bridgehead atoms. The number of piperazine rings is 1. The summed E-state index contributed by atoms with van der Waals surface area (Å²) < 4.78 is 23.1. The van der Waals surface area contributed by atoms with Gasteiger partial charge in [-0.2, -0.15) is 0 Å². The molecule has 1 fully saturated rings. The minimum Gasteiger partial charge on any atom is -0.356 e. The molecule has 1 unspecified atom stereocenters. The molecule has 0 aromatic heterocycles. The van der Waals surface area contributed by atoms with Gasteiger partial charge in [0.05, 0.1) is 4.90 Å². The Hall–Kier alpha value is -0.910. The molecule has 0 radical (unpaired) electrons. The second-order valence-corrected chi connectivity index (χ2v) is 9.90. The van der Waals surface area contributed by atoms with E-state index in [1.54, 1.807) is 19.2 Å². The normalized spacial score (nSPS) is 17.3. The van der Waals surface area contributed by atoms with Crippen LogP contribution in [0.1, 0.15) is 19.4 Å². The summed E-state index contributed by atoms with van der Waals surface area (Å²) in [6.07, 6.45) is 2.04. The Balaban J connectivity index is 0.00000450. The van der Waals surface area contributed by atoms with E-state index in [1.807, 2.05) is 12.1 Å². The van der Waals surface area contributed by atoms with Crippen LogP contribution in [0.5, 0.6) is 0 Å². The highest BCUT2D eigenvalue weighted by atomic mass is 127. The number of nitrogens with one attached hydrogen (secondary N) is 2. The largest absolute Gasteiger partial charge is 0.356 e. The quantitative estimate of drug-likeness (QED) is 0.277. The molecule has 2 rings (SSSR count). The van der Waals surface area contributed by atoms with Gasteiger partial charge < -0.3 is 20.4 Å². The summed E-state index contributed by atoms with van der Waals surface area (Å²) in [7, 11) is -1.36. The van der Waals surface area contributed by atoms with Gasteiger partial charge in [0.1, 0.15) is 0 Å². The first-order chi connectivity index (χ1) is 13.8. The summed E-state index contributed by atoms with van der Waals surface area (Å²) in [5.41, 5.74) is 1.10. The van der Waals surface area contributed by atoms with Crippen molar-refractivity contribution < 1.29 is 8.42 Å². The summed E-state index contributed by atoms with van der Waals surface area (Å²) >= 11 is 0. The lowest BCUT2D eigenvalue weighted by atomic mass is 10.1. The van der Waals surface area contributed by atoms with Gasteiger partial charge in [0.15, 0.2) is 15.8 Å². The van der Waals surface area contributed by atoms with Crippen LogP contribution in [0.3, 0.4) is 0 Å². The average molecular weight is 552 g/mol. The third-order valence-corrected chi connectivity index (χ3v) is 6.51. The van der Waals surface area contributed by atoms with Gasteiger partial charge in [0.2, 0.25) is 0 Å². The van der Waals surface area contributed by atoms with Crippen LogP contribution in [-0.2, 0) is 16.3 Å². The predicted molar refractivity (Wildman–Crippen MR) is 136 cm³/mol. The zero-order valence-corrected chi connectivity index (χ0v) is 21.9. The van der Waals surface area contributed by atoms with Gasteiger partial charge >= 0.3 is 0 Å². The third kappa shape index (κ3) is 9.49. The molecule has 1 heterocycles. The average Bonchev–Trinajstić information content (AvgIpc) is 2.70. The summed E-state index contributed by atoms with van der Waals surface area (Å²) in [4.78, 5) is 9.71. The van der Waals surface area contributed by atoms with Crippen molar-refractivity contribution in [3.05, 3.63) is 29.8 Å². The van der Waals surface area contributed by atoms with E-state index in [9.17, 15) is 8.42 Å². The lowest BCUT2D eigenvalue weighted by molar-refractivity contribution is 0.124. The van der Waals surface area contributed by atoms with Crippen LogP contribution in [0.15, 0.2) is 34.2 Å². The lowest BCUT2D eigenvalue weighted by Gasteiger charge is -2.35. The molecule has 172 valence electrons. The molecule has 1 saturated heterocycles. The first kappa shape index (κ1) is 27.1. The SMILES string of the molecule is CCN1CCN(CC(C)CNC(=NC)NCCc2ccc(S(C)(=O)=O)cc2)CC1.I. The number of guanidine groups is 1. The van der Waals surface area contributed by atoms with E-state index < -0.39 is 9.84 Å². The highest BCUT2D eigenvalue weighted by Crippen LogP contribution is 2.10. The van der Waals surface area contributed by atoms with Crippen molar-refractivity contribution in [2.24, 2.45) is 10.9 Å². The van der Waals surface area contributed by atoms with Gasteiger partial charge in [-0.05, 0) is 36.6 Å². The fraction of sp³-hybridized carbons (Fsp3) is 0.667. The Kier molecular flexibility index (Phi) is 12.2. The summed E-state index contributed by atoms with van der Waals surface area (Å²) in [5.74, 6) is 1.35. The molecule has 1 aliphatic rings. The van der Waals surface area contributed by atoms with Crippen molar-refractivity contribution in [3.8, 4) is 0 Å². The van der Waals surface area contributed by atoms with Crippen LogP contribution in [0.2, 0.25) is 0 Å². The molecule has 7 nitrogen and oxygen atoms in total. The van der Waals surface area contributed by atoms with Gasteiger partial charge in [-0.25, -0.2) is 8.42 Å². The Bertz CT molecular complexity index is 747. The number of nitrogens with zero attached hydrogens (tertiary/aromatic N) is 3. The molecule has 0 aliphatic carbocycles. The van der Waals surface area contributed by atoms with Crippen molar-refractivity contribution >= 4 is 39.8 Å². The summed E-state index contributed by atoms with van der Waals surface area (Å²) in [5, 5.41) is 6.75. The van der Waals surface area contributed by atoms with E-state index >= 15 is 0 Å². The molecule has 1 aromatic rings. The zero-order chi connectivity index (χ0) is 21.3. The van der Waals surface area contributed by atoms with Gasteiger partial charge in [-0.15, -0.1) is 24.0 Å². The fourth-order valence-electron chi connectivity index (χ4n) is 3.51. The third-order valence-electron chi connectivity index (χ3n) is 5.38. The molecular weight excluding hydrogens is 513 g/mol. The number of aliphatic imine (C=N–C) groups is 1. The second kappa shape index (κ2) is 13.5. The first-order valence-corrected chi connectivity index (χ1v) is 12.4. The van der Waals surface area contributed by atoms with Crippen molar-refractivity contribution in [3.63, 3.8) is 0 Å². The van der Waals surface area contributed by atoms with E-state index in [0.717, 1.165) is 57.2 Å². The zero-order valence-electron chi connectivity index (χ0n) is 18.7. The van der Waals surface area contributed by atoms with E-state index in [1.165, 1.54) is 19.3 Å².